The van der Waals surface area contributed by atoms with Crippen molar-refractivity contribution < 1.29 is 14.3 Å². The van der Waals surface area contributed by atoms with Crippen LogP contribution in [0.1, 0.15) is 69.6 Å². The number of carbonyl (C=O) groups excluding carboxylic acids is 2. The molecule has 0 spiro atoms. The molecule has 6 heteroatoms. The lowest BCUT2D eigenvalue weighted by atomic mass is 9.86. The Kier molecular flexibility index (Phi) is 10.4. The zero-order chi connectivity index (χ0) is 28.5. The van der Waals surface area contributed by atoms with Gasteiger partial charge in [0.25, 0.3) is 5.91 Å². The van der Waals surface area contributed by atoms with Crippen molar-refractivity contribution in [2.45, 2.75) is 83.3 Å². The molecule has 0 bridgehead atoms. The fourth-order valence-corrected chi connectivity index (χ4v) is 5.58. The van der Waals surface area contributed by atoms with Gasteiger partial charge in [-0.2, -0.15) is 0 Å². The molecule has 3 aromatic carbocycles. The van der Waals surface area contributed by atoms with E-state index in [1.54, 1.807) is 4.90 Å². The zero-order valence-corrected chi connectivity index (χ0v) is 25.5. The largest absolute Gasteiger partial charge is 0.483 e. The predicted molar refractivity (Wildman–Crippen MR) is 164 cm³/mol. The van der Waals surface area contributed by atoms with E-state index >= 15 is 0 Å². The van der Waals surface area contributed by atoms with Gasteiger partial charge in [0, 0.05) is 23.5 Å². The highest BCUT2D eigenvalue weighted by atomic mass is 79.9. The summed E-state index contributed by atoms with van der Waals surface area (Å²) in [6.45, 7) is 6.55. The molecule has 2 amide bonds. The quantitative estimate of drug-likeness (QED) is 0.266. The SMILES string of the molecule is CC(C)(C)c1ccccc1OCC(=O)N(Cc1ccc(Br)cc1)[C@H](Cc1ccccc1)C(=O)NC1CCCCC1. The van der Waals surface area contributed by atoms with E-state index in [0.29, 0.717) is 18.7 Å². The first-order valence-electron chi connectivity index (χ1n) is 14.3. The van der Waals surface area contributed by atoms with Gasteiger partial charge in [0.2, 0.25) is 5.91 Å². The molecule has 1 aliphatic carbocycles. The summed E-state index contributed by atoms with van der Waals surface area (Å²) in [6, 6.07) is 25.2. The van der Waals surface area contributed by atoms with Gasteiger partial charge in [-0.15, -0.1) is 0 Å². The highest BCUT2D eigenvalue weighted by Crippen LogP contribution is 2.31. The van der Waals surface area contributed by atoms with Crippen LogP contribution in [0.2, 0.25) is 0 Å². The Hall–Kier alpha value is -3.12. The fraction of sp³-hybridized carbons (Fsp3) is 0.412. The number of amides is 2. The topological polar surface area (TPSA) is 58.6 Å². The van der Waals surface area contributed by atoms with E-state index in [2.05, 4.69) is 42.0 Å². The number of hydrogen-bond acceptors (Lipinski definition) is 3. The summed E-state index contributed by atoms with van der Waals surface area (Å²) in [6.07, 6.45) is 5.85. The van der Waals surface area contributed by atoms with E-state index < -0.39 is 6.04 Å². The van der Waals surface area contributed by atoms with Gasteiger partial charge in [0.05, 0.1) is 0 Å². The van der Waals surface area contributed by atoms with E-state index in [1.807, 2.05) is 78.9 Å². The van der Waals surface area contributed by atoms with Crippen LogP contribution in [0.5, 0.6) is 5.75 Å². The molecule has 1 fully saturated rings. The Morgan fingerprint density at radius 2 is 1.55 bits per heavy atom. The van der Waals surface area contributed by atoms with Crippen molar-refractivity contribution >= 4 is 27.7 Å². The van der Waals surface area contributed by atoms with E-state index in [4.69, 9.17) is 4.74 Å². The molecule has 0 radical (unpaired) electrons. The molecule has 3 aromatic rings. The van der Waals surface area contributed by atoms with Gasteiger partial charge in [-0.1, -0.05) is 117 Å². The summed E-state index contributed by atoms with van der Waals surface area (Å²) in [5, 5.41) is 3.29. The third-order valence-corrected chi connectivity index (χ3v) is 8.06. The molecule has 40 heavy (non-hydrogen) atoms. The highest BCUT2D eigenvalue weighted by molar-refractivity contribution is 9.10. The van der Waals surface area contributed by atoms with Crippen molar-refractivity contribution in [1.29, 1.82) is 0 Å². The molecule has 0 unspecified atom stereocenters. The lowest BCUT2D eigenvalue weighted by molar-refractivity contribution is -0.143. The third kappa shape index (κ3) is 8.44. The second kappa shape index (κ2) is 14.0. The monoisotopic (exact) mass is 604 g/mol. The van der Waals surface area contributed by atoms with Crippen molar-refractivity contribution in [2.24, 2.45) is 0 Å². The minimum atomic E-state index is -0.665. The van der Waals surface area contributed by atoms with Gasteiger partial charge in [-0.25, -0.2) is 0 Å². The second-order valence-corrected chi connectivity index (χ2v) is 12.6. The van der Waals surface area contributed by atoms with Crippen LogP contribution in [0.25, 0.3) is 0 Å². The summed E-state index contributed by atoms with van der Waals surface area (Å²) in [7, 11) is 0. The number of carbonyl (C=O) groups is 2. The van der Waals surface area contributed by atoms with Crippen LogP contribution < -0.4 is 10.1 Å². The van der Waals surface area contributed by atoms with Gasteiger partial charge in [0.1, 0.15) is 11.8 Å². The molecule has 212 valence electrons. The maximum atomic E-state index is 14.0. The first-order chi connectivity index (χ1) is 19.2. The second-order valence-electron chi connectivity index (χ2n) is 11.7. The van der Waals surface area contributed by atoms with Gasteiger partial charge >= 0.3 is 0 Å². The Balaban J connectivity index is 1.63. The summed E-state index contributed by atoms with van der Waals surface area (Å²) in [4.78, 5) is 29.6. The minimum absolute atomic E-state index is 0.101. The average molecular weight is 606 g/mol. The van der Waals surface area contributed by atoms with E-state index in [1.165, 1.54) is 6.42 Å². The zero-order valence-electron chi connectivity index (χ0n) is 23.9. The van der Waals surface area contributed by atoms with Crippen LogP contribution in [0.15, 0.2) is 83.3 Å². The Morgan fingerprint density at radius 3 is 2.23 bits per heavy atom. The van der Waals surface area contributed by atoms with Crippen molar-refractivity contribution in [3.8, 4) is 5.75 Å². The number of rotatable bonds is 10. The third-order valence-electron chi connectivity index (χ3n) is 7.54. The van der Waals surface area contributed by atoms with Gasteiger partial charge in [0.15, 0.2) is 6.61 Å². The predicted octanol–water partition coefficient (Wildman–Crippen LogP) is 7.21. The first-order valence-corrected chi connectivity index (χ1v) is 15.1. The lowest BCUT2D eigenvalue weighted by Gasteiger charge is -2.33. The summed E-state index contributed by atoms with van der Waals surface area (Å²) >= 11 is 3.50. The van der Waals surface area contributed by atoms with E-state index in [9.17, 15) is 9.59 Å². The maximum absolute atomic E-state index is 14.0. The van der Waals surface area contributed by atoms with Crippen LogP contribution >= 0.6 is 15.9 Å². The number of benzene rings is 3. The molecule has 0 saturated heterocycles. The standard InChI is InChI=1S/C34H41BrN2O3/c1-34(2,3)29-16-10-11-17-31(29)40-24-32(38)37(23-26-18-20-27(35)21-19-26)30(22-25-12-6-4-7-13-25)33(39)36-28-14-8-5-9-15-28/h4,6-7,10-13,16-21,28,30H,5,8-9,14-15,22-24H2,1-3H3,(H,36,39)/t30-/m1/s1. The summed E-state index contributed by atoms with van der Waals surface area (Å²) in [5.74, 6) is 0.376. The van der Waals surface area contributed by atoms with Crippen molar-refractivity contribution in [1.82, 2.24) is 10.2 Å². The Morgan fingerprint density at radius 1 is 0.900 bits per heavy atom. The molecule has 0 aliphatic heterocycles. The van der Waals surface area contributed by atoms with Crippen LogP contribution in [-0.2, 0) is 28.0 Å². The van der Waals surface area contributed by atoms with Gasteiger partial charge in [-0.3, -0.25) is 9.59 Å². The van der Waals surface area contributed by atoms with Gasteiger partial charge < -0.3 is 15.0 Å². The number of nitrogens with one attached hydrogen (secondary N) is 1. The number of nitrogens with zero attached hydrogens (tertiary/aromatic N) is 1. The molecule has 4 rings (SSSR count). The number of hydrogen-bond donors (Lipinski definition) is 1. The molecule has 1 N–H and O–H groups in total. The van der Waals surface area contributed by atoms with Crippen LogP contribution in [0, 0.1) is 0 Å². The molecule has 1 aliphatic rings. The number of halogens is 1. The normalized spacial score (nSPS) is 14.8. The average Bonchev–Trinajstić information content (AvgIpc) is 2.95. The Bertz CT molecular complexity index is 1250. The van der Waals surface area contributed by atoms with Crippen LogP contribution in [0.3, 0.4) is 0 Å². The number of ether oxygens (including phenoxy) is 1. The smallest absolute Gasteiger partial charge is 0.261 e. The molecular weight excluding hydrogens is 564 g/mol. The Labute approximate surface area is 247 Å². The lowest BCUT2D eigenvalue weighted by Crippen LogP contribution is -2.53. The summed E-state index contributed by atoms with van der Waals surface area (Å²) < 4.78 is 7.13. The van der Waals surface area contributed by atoms with Crippen molar-refractivity contribution in [2.75, 3.05) is 6.61 Å². The molecule has 5 nitrogen and oxygen atoms in total. The van der Waals surface area contributed by atoms with E-state index in [-0.39, 0.29) is 29.9 Å². The van der Waals surface area contributed by atoms with Crippen molar-refractivity contribution in [3.63, 3.8) is 0 Å². The molecule has 0 heterocycles. The molecule has 1 atom stereocenters. The highest BCUT2D eigenvalue weighted by Gasteiger charge is 2.32. The molecular formula is C34H41BrN2O3. The number of para-hydroxylation sites is 1. The van der Waals surface area contributed by atoms with Gasteiger partial charge in [-0.05, 0) is 53.1 Å². The molecule has 0 aromatic heterocycles. The van der Waals surface area contributed by atoms with Crippen molar-refractivity contribution in [3.05, 3.63) is 100 Å². The van der Waals surface area contributed by atoms with Crippen LogP contribution in [0.4, 0.5) is 0 Å². The minimum Gasteiger partial charge on any atom is -0.483 e. The maximum Gasteiger partial charge on any atom is 0.261 e. The van der Waals surface area contributed by atoms with E-state index in [0.717, 1.165) is 46.8 Å². The summed E-state index contributed by atoms with van der Waals surface area (Å²) in [5.41, 5.74) is 2.87. The first kappa shape index (κ1) is 29.9. The fourth-order valence-electron chi connectivity index (χ4n) is 5.32. The molecule has 1 saturated carbocycles. The van der Waals surface area contributed by atoms with Crippen LogP contribution in [-0.4, -0.2) is 35.4 Å².